The molecule has 2 unspecified atom stereocenters. The van der Waals surface area contributed by atoms with E-state index < -0.39 is 0 Å². The van der Waals surface area contributed by atoms with E-state index in [0.717, 1.165) is 30.3 Å². The molecule has 1 N–H and O–H groups in total. The maximum atomic E-state index is 12.9. The van der Waals surface area contributed by atoms with E-state index in [-0.39, 0.29) is 42.8 Å². The molecule has 0 saturated carbocycles. The van der Waals surface area contributed by atoms with Gasteiger partial charge in [-0.1, -0.05) is 0 Å². The fourth-order valence-electron chi connectivity index (χ4n) is 3.48. The lowest BCUT2D eigenvalue weighted by Crippen LogP contribution is -2.49. The Hall–Kier alpha value is -1.57. The van der Waals surface area contributed by atoms with Crippen LogP contribution >= 0.6 is 24.8 Å². The molecule has 1 aliphatic heterocycles. The number of hydrogen-bond acceptors (Lipinski definition) is 4. The highest BCUT2D eigenvalue weighted by atomic mass is 35.5. The van der Waals surface area contributed by atoms with Crippen LogP contribution in [0.2, 0.25) is 0 Å². The summed E-state index contributed by atoms with van der Waals surface area (Å²) in [5, 5.41) is 7.88. The topological polar surface area (TPSA) is 68.0 Å². The van der Waals surface area contributed by atoms with Crippen LogP contribution in [0.1, 0.15) is 42.6 Å². The summed E-state index contributed by atoms with van der Waals surface area (Å²) in [6.45, 7) is 8.33. The van der Waals surface area contributed by atoms with E-state index >= 15 is 0 Å². The van der Waals surface area contributed by atoms with E-state index in [1.807, 2.05) is 47.3 Å². The van der Waals surface area contributed by atoms with Gasteiger partial charge in [-0.05, 0) is 26.8 Å². The Kier molecular flexibility index (Phi) is 8.12. The van der Waals surface area contributed by atoms with Crippen molar-refractivity contribution in [2.75, 3.05) is 19.6 Å². The second-order valence-electron chi connectivity index (χ2n) is 6.63. The quantitative estimate of drug-likeness (QED) is 0.850. The lowest BCUT2D eigenvalue weighted by atomic mass is 10.1. The molecule has 1 saturated heterocycles. The van der Waals surface area contributed by atoms with E-state index in [9.17, 15) is 4.79 Å². The highest BCUT2D eigenvalue weighted by Gasteiger charge is 2.31. The van der Waals surface area contributed by atoms with E-state index in [2.05, 4.69) is 22.3 Å². The summed E-state index contributed by atoms with van der Waals surface area (Å²) in [6.07, 6.45) is 4.15. The highest BCUT2D eigenvalue weighted by Crippen LogP contribution is 2.23. The highest BCUT2D eigenvalue weighted by molar-refractivity contribution is 5.85. The van der Waals surface area contributed by atoms with Gasteiger partial charge in [0.05, 0.1) is 11.7 Å². The Balaban J connectivity index is 0.00000169. The summed E-state index contributed by atoms with van der Waals surface area (Å²) < 4.78 is 3.94. The fraction of sp³-hybridized carbons (Fsp3) is 0.588. The van der Waals surface area contributed by atoms with Crippen molar-refractivity contribution in [1.29, 1.82) is 0 Å². The van der Waals surface area contributed by atoms with Crippen LogP contribution in [0, 0.1) is 13.8 Å². The van der Waals surface area contributed by atoms with Gasteiger partial charge in [0, 0.05) is 51.2 Å². The first-order valence-corrected chi connectivity index (χ1v) is 8.47. The molecule has 7 nitrogen and oxygen atoms in total. The molecule has 3 heterocycles. The number of carbonyl (C=O) groups is 1. The van der Waals surface area contributed by atoms with Crippen LogP contribution in [-0.2, 0) is 11.8 Å². The van der Waals surface area contributed by atoms with Crippen molar-refractivity contribution in [2.24, 2.45) is 7.05 Å². The summed E-state index contributed by atoms with van der Waals surface area (Å²) >= 11 is 0. The Morgan fingerprint density at radius 1 is 1.38 bits per heavy atom. The maximum absolute atomic E-state index is 12.9. The SMILES string of the molecule is Cc1cc(C)n(C(C)CC(=O)N2CCNCC2c2nccn2C)n1.Cl.Cl. The molecule has 0 aromatic carbocycles. The average molecular weight is 403 g/mol. The van der Waals surface area contributed by atoms with Crippen LogP contribution in [0.3, 0.4) is 0 Å². The van der Waals surface area contributed by atoms with Crippen LogP contribution in [0.5, 0.6) is 0 Å². The summed E-state index contributed by atoms with van der Waals surface area (Å²) in [6, 6.07) is 2.07. The zero-order chi connectivity index (χ0) is 17.3. The van der Waals surface area contributed by atoms with Crippen LogP contribution in [0.25, 0.3) is 0 Å². The third-order valence-electron chi connectivity index (χ3n) is 4.65. The number of rotatable bonds is 4. The molecular weight excluding hydrogens is 375 g/mol. The summed E-state index contributed by atoms with van der Waals surface area (Å²) in [5.74, 6) is 1.08. The van der Waals surface area contributed by atoms with Crippen molar-refractivity contribution in [3.8, 4) is 0 Å². The number of piperazine rings is 1. The number of nitrogens with one attached hydrogen (secondary N) is 1. The number of amides is 1. The first-order chi connectivity index (χ1) is 11.5. The Morgan fingerprint density at radius 3 is 2.69 bits per heavy atom. The molecule has 0 radical (unpaired) electrons. The zero-order valence-electron chi connectivity index (χ0n) is 15.7. The van der Waals surface area contributed by atoms with Crippen molar-refractivity contribution in [3.05, 3.63) is 35.7 Å². The monoisotopic (exact) mass is 402 g/mol. The summed E-state index contributed by atoms with van der Waals surface area (Å²) in [7, 11) is 1.97. The van der Waals surface area contributed by atoms with Gasteiger partial charge in [-0.3, -0.25) is 9.48 Å². The minimum Gasteiger partial charge on any atom is -0.336 e. The second-order valence-corrected chi connectivity index (χ2v) is 6.63. The molecule has 2 aromatic rings. The number of imidazole rings is 1. The molecule has 1 amide bonds. The lowest BCUT2D eigenvalue weighted by molar-refractivity contribution is -0.135. The summed E-state index contributed by atoms with van der Waals surface area (Å²) in [5.41, 5.74) is 2.08. The Labute approximate surface area is 167 Å². The van der Waals surface area contributed by atoms with Gasteiger partial charge in [0.25, 0.3) is 0 Å². The molecule has 1 fully saturated rings. The number of hydrogen-bond donors (Lipinski definition) is 1. The van der Waals surface area contributed by atoms with Gasteiger partial charge in [-0.15, -0.1) is 24.8 Å². The standard InChI is InChI=1S/C17H26N6O.2ClH/c1-12-9-13(2)23(20-12)14(3)10-16(24)22-8-5-18-11-15(22)17-19-6-7-21(17)4;;/h6-7,9,14-15,18H,5,8,10-11H2,1-4H3;2*1H. The van der Waals surface area contributed by atoms with Gasteiger partial charge in [0.15, 0.2) is 0 Å². The van der Waals surface area contributed by atoms with Gasteiger partial charge in [-0.25, -0.2) is 4.98 Å². The van der Waals surface area contributed by atoms with Crippen molar-refractivity contribution >= 4 is 30.7 Å². The van der Waals surface area contributed by atoms with Gasteiger partial charge in [0.1, 0.15) is 11.9 Å². The van der Waals surface area contributed by atoms with Gasteiger partial charge in [-0.2, -0.15) is 5.10 Å². The van der Waals surface area contributed by atoms with Crippen molar-refractivity contribution in [3.63, 3.8) is 0 Å². The van der Waals surface area contributed by atoms with Crippen LogP contribution < -0.4 is 5.32 Å². The lowest BCUT2D eigenvalue weighted by Gasteiger charge is -2.36. The number of carbonyl (C=O) groups excluding carboxylic acids is 1. The number of halogens is 2. The van der Waals surface area contributed by atoms with Crippen molar-refractivity contribution in [1.82, 2.24) is 29.5 Å². The average Bonchev–Trinajstić information content (AvgIpc) is 3.12. The summed E-state index contributed by atoms with van der Waals surface area (Å²) in [4.78, 5) is 19.3. The van der Waals surface area contributed by atoms with E-state index in [1.165, 1.54) is 0 Å². The minimum atomic E-state index is -0.0149. The predicted molar refractivity (Wildman–Crippen MR) is 106 cm³/mol. The maximum Gasteiger partial charge on any atom is 0.225 e. The number of aromatic nitrogens is 4. The molecule has 0 spiro atoms. The van der Waals surface area contributed by atoms with E-state index in [4.69, 9.17) is 0 Å². The largest absolute Gasteiger partial charge is 0.336 e. The van der Waals surface area contributed by atoms with E-state index in [1.54, 1.807) is 6.20 Å². The van der Waals surface area contributed by atoms with Gasteiger partial charge < -0.3 is 14.8 Å². The molecule has 0 bridgehead atoms. The zero-order valence-corrected chi connectivity index (χ0v) is 17.3. The third kappa shape index (κ3) is 4.58. The van der Waals surface area contributed by atoms with E-state index in [0.29, 0.717) is 13.0 Å². The van der Waals surface area contributed by atoms with Crippen LogP contribution in [0.15, 0.2) is 18.5 Å². The fourth-order valence-corrected chi connectivity index (χ4v) is 3.48. The molecule has 1 aliphatic rings. The molecule has 2 atom stereocenters. The first-order valence-electron chi connectivity index (χ1n) is 8.47. The van der Waals surface area contributed by atoms with Crippen molar-refractivity contribution in [2.45, 2.75) is 39.3 Å². The molecule has 26 heavy (non-hydrogen) atoms. The van der Waals surface area contributed by atoms with Gasteiger partial charge in [0.2, 0.25) is 5.91 Å². The first kappa shape index (κ1) is 22.5. The number of nitrogens with zero attached hydrogens (tertiary/aromatic N) is 5. The van der Waals surface area contributed by atoms with Crippen LogP contribution in [-0.4, -0.2) is 49.8 Å². The predicted octanol–water partition coefficient (Wildman–Crippen LogP) is 2.20. The Morgan fingerprint density at radius 2 is 2.12 bits per heavy atom. The second kappa shape index (κ2) is 9.39. The molecular formula is C17H28Cl2N6O. The molecule has 9 heteroatoms. The van der Waals surface area contributed by atoms with Gasteiger partial charge >= 0.3 is 0 Å². The number of aryl methyl sites for hydroxylation is 3. The minimum absolute atomic E-state index is 0. The van der Waals surface area contributed by atoms with Crippen molar-refractivity contribution < 1.29 is 4.79 Å². The van der Waals surface area contributed by atoms with Crippen LogP contribution in [0.4, 0.5) is 0 Å². The third-order valence-corrected chi connectivity index (χ3v) is 4.65. The smallest absolute Gasteiger partial charge is 0.225 e. The Bertz CT molecular complexity index is 729. The normalized spacial score (nSPS) is 18.0. The molecule has 146 valence electrons. The molecule has 0 aliphatic carbocycles. The molecule has 3 rings (SSSR count). The molecule has 2 aromatic heterocycles.